The van der Waals surface area contributed by atoms with Crippen LogP contribution in [0.5, 0.6) is 5.75 Å². The zero-order chi connectivity index (χ0) is 19.5. The van der Waals surface area contributed by atoms with Gasteiger partial charge in [0.1, 0.15) is 12.4 Å². The molecule has 0 spiro atoms. The Morgan fingerprint density at radius 3 is 2.42 bits per heavy atom. The van der Waals surface area contributed by atoms with Crippen LogP contribution in [-0.4, -0.2) is 56.2 Å². The third-order valence-electron chi connectivity index (χ3n) is 4.69. The molecule has 146 valence electrons. The smallest absolute Gasteiger partial charge is 0.329 e. The molecule has 0 radical (unpaired) electrons. The number of aliphatic carboxylic acids is 1. The second-order valence-electron chi connectivity index (χ2n) is 6.77. The first-order valence-corrected chi connectivity index (χ1v) is 10.1. The zero-order valence-corrected chi connectivity index (χ0v) is 16.5. The molecule has 7 nitrogen and oxygen atoms in total. The van der Waals surface area contributed by atoms with E-state index in [-0.39, 0.29) is 23.6 Å². The van der Waals surface area contributed by atoms with E-state index in [1.54, 1.807) is 33.1 Å². The first-order chi connectivity index (χ1) is 12.2. The molecular weight excluding hydrogens is 358 g/mol. The molecule has 0 bridgehead atoms. The lowest BCUT2D eigenvalue weighted by atomic mass is 10.0. The summed E-state index contributed by atoms with van der Waals surface area (Å²) in [7, 11) is -2.20. The van der Waals surface area contributed by atoms with Gasteiger partial charge in [-0.25, -0.2) is 13.2 Å². The van der Waals surface area contributed by atoms with Crippen LogP contribution < -0.4 is 4.74 Å². The molecule has 1 fully saturated rings. The molecule has 0 aliphatic carbocycles. The summed E-state index contributed by atoms with van der Waals surface area (Å²) in [6, 6.07) is 2.88. The summed E-state index contributed by atoms with van der Waals surface area (Å²) < 4.78 is 38.9. The van der Waals surface area contributed by atoms with Crippen molar-refractivity contribution in [3.05, 3.63) is 23.3 Å². The molecule has 0 amide bonds. The van der Waals surface area contributed by atoms with Gasteiger partial charge in [-0.1, -0.05) is 6.42 Å². The molecule has 8 heteroatoms. The second-order valence-corrected chi connectivity index (χ2v) is 8.55. The Hall–Kier alpha value is -1.64. The number of sulfonamides is 1. The summed E-state index contributed by atoms with van der Waals surface area (Å²) >= 11 is 0. The van der Waals surface area contributed by atoms with Crippen molar-refractivity contribution >= 4 is 16.0 Å². The molecule has 0 saturated carbocycles. The highest BCUT2D eigenvalue weighted by atomic mass is 32.2. The van der Waals surface area contributed by atoms with Gasteiger partial charge in [-0.15, -0.1) is 0 Å². The number of piperidine rings is 1. The van der Waals surface area contributed by atoms with Crippen molar-refractivity contribution in [2.45, 2.75) is 57.0 Å². The van der Waals surface area contributed by atoms with Gasteiger partial charge < -0.3 is 14.6 Å². The summed E-state index contributed by atoms with van der Waals surface area (Å²) in [4.78, 5) is 11.0. The van der Waals surface area contributed by atoms with E-state index in [9.17, 15) is 13.2 Å². The van der Waals surface area contributed by atoms with E-state index in [4.69, 9.17) is 14.6 Å². The van der Waals surface area contributed by atoms with E-state index in [0.717, 1.165) is 12.8 Å². The lowest BCUT2D eigenvalue weighted by Gasteiger charge is -2.39. The van der Waals surface area contributed by atoms with E-state index >= 15 is 0 Å². The third-order valence-corrected chi connectivity index (χ3v) is 7.07. The SMILES string of the molecule is COc1cc(C)c(S(=O)(=O)N2[C@@H](COCC(=O)O)CCC[C@H]2C)c(C)c1. The fourth-order valence-corrected chi connectivity index (χ4v) is 5.96. The Bertz CT molecular complexity index is 738. The van der Waals surface area contributed by atoms with Crippen molar-refractivity contribution in [2.75, 3.05) is 20.3 Å². The summed E-state index contributed by atoms with van der Waals surface area (Å²) in [5, 5.41) is 8.75. The number of carboxylic acids is 1. The Morgan fingerprint density at radius 1 is 1.27 bits per heavy atom. The predicted molar refractivity (Wildman–Crippen MR) is 97.0 cm³/mol. The number of ether oxygens (including phenoxy) is 2. The first kappa shape index (κ1) is 20.7. The number of aryl methyl sites for hydroxylation is 2. The fourth-order valence-electron chi connectivity index (χ4n) is 3.68. The van der Waals surface area contributed by atoms with E-state index < -0.39 is 22.6 Å². The van der Waals surface area contributed by atoms with Gasteiger partial charge in [0.15, 0.2) is 0 Å². The quantitative estimate of drug-likeness (QED) is 0.774. The molecule has 1 saturated heterocycles. The fraction of sp³-hybridized carbons (Fsp3) is 0.611. The Kier molecular flexibility index (Phi) is 6.65. The van der Waals surface area contributed by atoms with E-state index in [0.29, 0.717) is 23.3 Å². The molecule has 1 N–H and O–H groups in total. The van der Waals surface area contributed by atoms with Crippen LogP contribution in [0.1, 0.15) is 37.3 Å². The molecule has 0 aromatic heterocycles. The number of hydrogen-bond donors (Lipinski definition) is 1. The number of carboxylic acid groups (broad SMARTS) is 1. The molecule has 1 aromatic rings. The number of rotatable bonds is 7. The van der Waals surface area contributed by atoms with E-state index in [1.807, 2.05) is 6.92 Å². The van der Waals surface area contributed by atoms with E-state index in [2.05, 4.69) is 0 Å². The van der Waals surface area contributed by atoms with Crippen LogP contribution in [0.15, 0.2) is 17.0 Å². The van der Waals surface area contributed by atoms with Crippen molar-refractivity contribution in [3.63, 3.8) is 0 Å². The van der Waals surface area contributed by atoms with Crippen molar-refractivity contribution in [2.24, 2.45) is 0 Å². The Balaban J connectivity index is 2.38. The molecule has 2 rings (SSSR count). The third kappa shape index (κ3) is 4.36. The van der Waals surface area contributed by atoms with Gasteiger partial charge in [0.05, 0.1) is 18.6 Å². The number of methoxy groups -OCH3 is 1. The summed E-state index contributed by atoms with van der Waals surface area (Å²) in [5.74, 6) is -0.447. The molecule has 26 heavy (non-hydrogen) atoms. The highest BCUT2D eigenvalue weighted by Crippen LogP contribution is 2.34. The molecule has 1 aliphatic rings. The van der Waals surface area contributed by atoms with Crippen LogP contribution in [0.2, 0.25) is 0 Å². The van der Waals surface area contributed by atoms with Crippen LogP contribution in [0.4, 0.5) is 0 Å². The van der Waals surface area contributed by atoms with E-state index in [1.165, 1.54) is 4.31 Å². The summed E-state index contributed by atoms with van der Waals surface area (Å²) in [5.41, 5.74) is 1.26. The normalized spacial score (nSPS) is 21.5. The highest BCUT2D eigenvalue weighted by Gasteiger charge is 2.39. The number of hydrogen-bond acceptors (Lipinski definition) is 5. The highest BCUT2D eigenvalue weighted by molar-refractivity contribution is 7.89. The van der Waals surface area contributed by atoms with Gasteiger partial charge in [0.25, 0.3) is 0 Å². The molecule has 1 aliphatic heterocycles. The van der Waals surface area contributed by atoms with Crippen molar-refractivity contribution in [1.82, 2.24) is 4.31 Å². The predicted octanol–water partition coefficient (Wildman–Crippen LogP) is 2.34. The van der Waals surface area contributed by atoms with Gasteiger partial charge in [-0.2, -0.15) is 4.31 Å². The largest absolute Gasteiger partial charge is 0.497 e. The van der Waals surface area contributed by atoms with Crippen LogP contribution in [0.3, 0.4) is 0 Å². The molecule has 2 atom stereocenters. The second kappa shape index (κ2) is 8.37. The topological polar surface area (TPSA) is 93.1 Å². The van der Waals surface area contributed by atoms with Crippen molar-refractivity contribution < 1.29 is 27.8 Å². The summed E-state index contributed by atoms with van der Waals surface area (Å²) in [6.07, 6.45) is 2.30. The first-order valence-electron chi connectivity index (χ1n) is 8.66. The van der Waals surface area contributed by atoms with Crippen LogP contribution in [0.25, 0.3) is 0 Å². The molecule has 0 unspecified atom stereocenters. The van der Waals surface area contributed by atoms with Crippen LogP contribution in [0, 0.1) is 13.8 Å². The molecule has 1 aromatic carbocycles. The minimum Gasteiger partial charge on any atom is -0.497 e. The number of carbonyl (C=O) groups is 1. The average Bonchev–Trinajstić information content (AvgIpc) is 2.53. The monoisotopic (exact) mass is 385 g/mol. The van der Waals surface area contributed by atoms with Gasteiger partial charge in [0, 0.05) is 12.1 Å². The maximum absolute atomic E-state index is 13.5. The van der Waals surface area contributed by atoms with Crippen molar-refractivity contribution in [1.29, 1.82) is 0 Å². The maximum Gasteiger partial charge on any atom is 0.329 e. The Morgan fingerprint density at radius 2 is 1.88 bits per heavy atom. The van der Waals surface area contributed by atoms with Gasteiger partial charge in [-0.05, 0) is 56.9 Å². The lowest BCUT2D eigenvalue weighted by molar-refractivity contribution is -0.142. The van der Waals surface area contributed by atoms with Gasteiger partial charge >= 0.3 is 5.97 Å². The van der Waals surface area contributed by atoms with Crippen LogP contribution in [-0.2, 0) is 19.6 Å². The lowest BCUT2D eigenvalue weighted by Crippen LogP contribution is -2.51. The standard InChI is InChI=1S/C18H27NO6S/c1-12-8-16(24-4)9-13(2)18(12)26(22,23)19-14(3)6-5-7-15(19)10-25-11-17(20)21/h8-9,14-15H,5-7,10-11H2,1-4H3,(H,20,21)/t14-,15-/m1/s1. The molecular formula is C18H27NO6S. The number of benzene rings is 1. The summed E-state index contributed by atoms with van der Waals surface area (Å²) in [6.45, 7) is 5.04. The minimum absolute atomic E-state index is 0.0735. The van der Waals surface area contributed by atoms with Gasteiger partial charge in [-0.3, -0.25) is 0 Å². The Labute approximate surface area is 155 Å². The zero-order valence-electron chi connectivity index (χ0n) is 15.7. The minimum atomic E-state index is -3.75. The number of nitrogens with zero attached hydrogens (tertiary/aromatic N) is 1. The van der Waals surface area contributed by atoms with Gasteiger partial charge in [0.2, 0.25) is 10.0 Å². The van der Waals surface area contributed by atoms with Crippen molar-refractivity contribution in [3.8, 4) is 5.75 Å². The maximum atomic E-state index is 13.5. The molecule has 1 heterocycles. The average molecular weight is 385 g/mol. The van der Waals surface area contributed by atoms with Crippen LogP contribution >= 0.6 is 0 Å².